The van der Waals surface area contributed by atoms with Gasteiger partial charge >= 0.3 is 0 Å². The lowest BCUT2D eigenvalue weighted by atomic mass is 10.2. The lowest BCUT2D eigenvalue weighted by molar-refractivity contribution is 0.0784. The predicted molar refractivity (Wildman–Crippen MR) is 71.2 cm³/mol. The van der Waals surface area contributed by atoms with Crippen LogP contribution in [0, 0.1) is 6.92 Å². The van der Waals surface area contributed by atoms with Gasteiger partial charge in [-0.15, -0.1) is 0 Å². The monoisotopic (exact) mass is 308 g/mol. The van der Waals surface area contributed by atoms with Crippen LogP contribution in [0.5, 0.6) is 0 Å². The summed E-state index contributed by atoms with van der Waals surface area (Å²) in [6.45, 7) is 2.40. The van der Waals surface area contributed by atoms with Crippen LogP contribution in [-0.4, -0.2) is 22.8 Å². The SMILES string of the molecule is Cc1occc1CN(C)C(=O)c1cncc(Br)c1. The molecule has 0 aromatic carbocycles. The molecule has 0 aliphatic heterocycles. The molecule has 0 saturated heterocycles. The van der Waals surface area contributed by atoms with Gasteiger partial charge in [-0.1, -0.05) is 0 Å². The fraction of sp³-hybridized carbons (Fsp3) is 0.231. The summed E-state index contributed by atoms with van der Waals surface area (Å²) in [7, 11) is 1.76. The minimum Gasteiger partial charge on any atom is -0.469 e. The van der Waals surface area contributed by atoms with E-state index in [2.05, 4.69) is 20.9 Å². The standard InChI is InChI=1S/C13H13BrN2O2/c1-9-10(3-4-18-9)8-16(2)13(17)11-5-12(14)7-15-6-11/h3-7H,8H2,1-2H3. The number of aromatic nitrogens is 1. The Hall–Kier alpha value is -1.62. The summed E-state index contributed by atoms with van der Waals surface area (Å²) < 4.78 is 6.00. The van der Waals surface area contributed by atoms with Crippen molar-refractivity contribution < 1.29 is 9.21 Å². The zero-order chi connectivity index (χ0) is 13.1. The van der Waals surface area contributed by atoms with Gasteiger partial charge in [-0.2, -0.15) is 0 Å². The Balaban J connectivity index is 2.12. The van der Waals surface area contributed by atoms with Gasteiger partial charge in [-0.25, -0.2) is 0 Å². The third kappa shape index (κ3) is 2.79. The minimum atomic E-state index is -0.0654. The first-order chi connectivity index (χ1) is 8.58. The van der Waals surface area contributed by atoms with Crippen molar-refractivity contribution in [3.05, 3.63) is 52.1 Å². The third-order valence-corrected chi connectivity index (χ3v) is 3.11. The molecule has 0 radical (unpaired) electrons. The van der Waals surface area contributed by atoms with E-state index in [1.807, 2.05) is 13.0 Å². The van der Waals surface area contributed by atoms with Gasteiger partial charge < -0.3 is 9.32 Å². The summed E-state index contributed by atoms with van der Waals surface area (Å²) in [5.74, 6) is 0.770. The van der Waals surface area contributed by atoms with Crippen molar-refractivity contribution in [3.8, 4) is 0 Å². The van der Waals surface area contributed by atoms with Crippen LogP contribution in [0.15, 0.2) is 39.7 Å². The molecular weight excluding hydrogens is 296 g/mol. The highest BCUT2D eigenvalue weighted by atomic mass is 79.9. The van der Waals surface area contributed by atoms with E-state index in [0.717, 1.165) is 15.8 Å². The van der Waals surface area contributed by atoms with Crippen molar-refractivity contribution >= 4 is 21.8 Å². The zero-order valence-corrected chi connectivity index (χ0v) is 11.8. The molecule has 0 bridgehead atoms. The molecule has 18 heavy (non-hydrogen) atoms. The largest absolute Gasteiger partial charge is 0.469 e. The molecule has 2 aromatic heterocycles. The molecule has 1 amide bonds. The fourth-order valence-corrected chi connectivity index (χ4v) is 2.02. The highest BCUT2D eigenvalue weighted by Gasteiger charge is 2.14. The summed E-state index contributed by atoms with van der Waals surface area (Å²) in [5.41, 5.74) is 1.57. The Morgan fingerprint density at radius 3 is 2.89 bits per heavy atom. The van der Waals surface area contributed by atoms with Gasteiger partial charge in [0.25, 0.3) is 5.91 Å². The average Bonchev–Trinajstić information content (AvgIpc) is 2.74. The molecule has 0 spiro atoms. The van der Waals surface area contributed by atoms with Gasteiger partial charge in [0.2, 0.25) is 0 Å². The lowest BCUT2D eigenvalue weighted by Gasteiger charge is -2.16. The van der Waals surface area contributed by atoms with E-state index in [0.29, 0.717) is 12.1 Å². The molecule has 2 rings (SSSR count). The Morgan fingerprint density at radius 2 is 2.28 bits per heavy atom. The van der Waals surface area contributed by atoms with E-state index in [-0.39, 0.29) is 5.91 Å². The Labute approximate surface area is 114 Å². The van der Waals surface area contributed by atoms with E-state index < -0.39 is 0 Å². The van der Waals surface area contributed by atoms with Crippen molar-refractivity contribution in [1.29, 1.82) is 0 Å². The second-order valence-electron chi connectivity index (χ2n) is 4.06. The highest BCUT2D eigenvalue weighted by Crippen LogP contribution is 2.15. The van der Waals surface area contributed by atoms with Crippen LogP contribution in [0.4, 0.5) is 0 Å². The molecule has 0 fully saturated rings. The van der Waals surface area contributed by atoms with Crippen molar-refractivity contribution in [2.45, 2.75) is 13.5 Å². The molecule has 2 heterocycles. The number of rotatable bonds is 3. The maximum absolute atomic E-state index is 12.2. The lowest BCUT2D eigenvalue weighted by Crippen LogP contribution is -2.26. The van der Waals surface area contributed by atoms with Crippen LogP contribution in [0.2, 0.25) is 0 Å². The van der Waals surface area contributed by atoms with Crippen molar-refractivity contribution in [1.82, 2.24) is 9.88 Å². The number of aryl methyl sites for hydroxylation is 1. The van der Waals surface area contributed by atoms with Gasteiger partial charge in [0.15, 0.2) is 0 Å². The van der Waals surface area contributed by atoms with E-state index in [1.54, 1.807) is 36.7 Å². The van der Waals surface area contributed by atoms with Crippen molar-refractivity contribution in [2.24, 2.45) is 0 Å². The first-order valence-corrected chi connectivity index (χ1v) is 6.26. The number of furan rings is 1. The molecule has 0 saturated carbocycles. The van der Waals surface area contributed by atoms with Crippen LogP contribution in [0.1, 0.15) is 21.7 Å². The summed E-state index contributed by atoms with van der Waals surface area (Å²) in [6, 6.07) is 3.63. The van der Waals surface area contributed by atoms with Gasteiger partial charge in [-0.05, 0) is 35.0 Å². The van der Waals surface area contributed by atoms with Gasteiger partial charge in [0.1, 0.15) is 5.76 Å². The zero-order valence-electron chi connectivity index (χ0n) is 10.2. The summed E-state index contributed by atoms with van der Waals surface area (Å²) in [5, 5.41) is 0. The van der Waals surface area contributed by atoms with Crippen molar-refractivity contribution in [3.63, 3.8) is 0 Å². The van der Waals surface area contributed by atoms with E-state index in [1.165, 1.54) is 0 Å². The molecule has 0 aliphatic carbocycles. The smallest absolute Gasteiger partial charge is 0.255 e. The maximum atomic E-state index is 12.2. The molecule has 5 heteroatoms. The average molecular weight is 309 g/mol. The molecule has 0 atom stereocenters. The fourth-order valence-electron chi connectivity index (χ4n) is 1.65. The molecule has 94 valence electrons. The molecule has 0 N–H and O–H groups in total. The summed E-state index contributed by atoms with van der Waals surface area (Å²) in [6.07, 6.45) is 4.84. The third-order valence-electron chi connectivity index (χ3n) is 2.67. The molecule has 2 aromatic rings. The van der Waals surface area contributed by atoms with Crippen LogP contribution in [0.25, 0.3) is 0 Å². The van der Waals surface area contributed by atoms with Crippen molar-refractivity contribution in [2.75, 3.05) is 7.05 Å². The number of amides is 1. The maximum Gasteiger partial charge on any atom is 0.255 e. The number of hydrogen-bond acceptors (Lipinski definition) is 3. The molecule has 4 nitrogen and oxygen atoms in total. The number of pyridine rings is 1. The summed E-state index contributed by atoms with van der Waals surface area (Å²) in [4.78, 5) is 17.8. The van der Waals surface area contributed by atoms with Crippen LogP contribution >= 0.6 is 15.9 Å². The Morgan fingerprint density at radius 1 is 1.50 bits per heavy atom. The summed E-state index contributed by atoms with van der Waals surface area (Å²) >= 11 is 3.30. The number of carbonyl (C=O) groups is 1. The number of nitrogens with zero attached hydrogens (tertiary/aromatic N) is 2. The number of carbonyl (C=O) groups excluding carboxylic acids is 1. The second kappa shape index (κ2) is 5.35. The number of halogens is 1. The molecule has 0 unspecified atom stereocenters. The Kier molecular flexibility index (Phi) is 3.81. The van der Waals surface area contributed by atoms with Gasteiger partial charge in [0, 0.05) is 36.0 Å². The topological polar surface area (TPSA) is 46.3 Å². The Bertz CT molecular complexity index is 566. The molecule has 0 aliphatic rings. The van der Waals surface area contributed by atoms with Crippen LogP contribution in [-0.2, 0) is 6.54 Å². The van der Waals surface area contributed by atoms with Gasteiger partial charge in [0.05, 0.1) is 11.8 Å². The van der Waals surface area contributed by atoms with Crippen LogP contribution < -0.4 is 0 Å². The normalized spacial score (nSPS) is 10.4. The minimum absolute atomic E-state index is 0.0654. The van der Waals surface area contributed by atoms with E-state index in [9.17, 15) is 4.79 Å². The van der Waals surface area contributed by atoms with E-state index in [4.69, 9.17) is 4.42 Å². The predicted octanol–water partition coefficient (Wildman–Crippen LogP) is 3.02. The molecular formula is C13H13BrN2O2. The highest BCUT2D eigenvalue weighted by molar-refractivity contribution is 9.10. The van der Waals surface area contributed by atoms with Crippen LogP contribution in [0.3, 0.4) is 0 Å². The van der Waals surface area contributed by atoms with Gasteiger partial charge in [-0.3, -0.25) is 9.78 Å². The quantitative estimate of drug-likeness (QED) is 0.875. The first kappa shape index (κ1) is 12.8. The first-order valence-electron chi connectivity index (χ1n) is 5.47. The van der Waals surface area contributed by atoms with E-state index >= 15 is 0 Å². The number of hydrogen-bond donors (Lipinski definition) is 0. The second-order valence-corrected chi connectivity index (χ2v) is 4.97.